The molecule has 1 aliphatic carbocycles. The van der Waals surface area contributed by atoms with E-state index in [1.54, 1.807) is 37.5 Å². The van der Waals surface area contributed by atoms with E-state index in [1.807, 2.05) is 0 Å². The van der Waals surface area contributed by atoms with Gasteiger partial charge in [-0.2, -0.15) is 4.31 Å². The maximum atomic E-state index is 12.6. The van der Waals surface area contributed by atoms with Crippen LogP contribution in [0.2, 0.25) is 0 Å². The smallest absolute Gasteiger partial charge is 0.272 e. The normalized spacial score (nSPS) is 15.9. The molecular weight excluding hydrogens is 302 g/mol. The van der Waals surface area contributed by atoms with Crippen LogP contribution in [0.15, 0.2) is 40.2 Å². The molecule has 1 fully saturated rings. The molecule has 0 amide bonds. The second-order valence-electron chi connectivity index (χ2n) is 5.68. The van der Waals surface area contributed by atoms with Crippen molar-refractivity contribution in [3.8, 4) is 0 Å². The third kappa shape index (κ3) is 1.89. The van der Waals surface area contributed by atoms with Crippen LogP contribution in [-0.2, 0) is 10.0 Å². The summed E-state index contributed by atoms with van der Waals surface area (Å²) in [6.45, 7) is 0. The molecule has 7 heteroatoms. The van der Waals surface area contributed by atoms with Crippen molar-refractivity contribution in [2.75, 3.05) is 7.05 Å². The molecule has 22 heavy (non-hydrogen) atoms. The maximum Gasteiger partial charge on any atom is 0.272 e. The highest BCUT2D eigenvalue weighted by Gasteiger charge is 2.35. The summed E-state index contributed by atoms with van der Waals surface area (Å²) in [5, 5.41) is 1.45. The van der Waals surface area contributed by atoms with Gasteiger partial charge in [-0.1, -0.05) is 0 Å². The van der Waals surface area contributed by atoms with E-state index in [9.17, 15) is 13.2 Å². The first kappa shape index (κ1) is 13.5. The molecule has 0 saturated heterocycles. The zero-order valence-electron chi connectivity index (χ0n) is 12.0. The van der Waals surface area contributed by atoms with E-state index in [-0.39, 0.29) is 16.5 Å². The molecular formula is C15H15N3O3S. The van der Waals surface area contributed by atoms with Crippen LogP contribution in [0.3, 0.4) is 0 Å². The van der Waals surface area contributed by atoms with E-state index in [2.05, 4.69) is 9.97 Å². The minimum absolute atomic E-state index is 0.114. The Bertz CT molecular complexity index is 1040. The van der Waals surface area contributed by atoms with E-state index >= 15 is 0 Å². The van der Waals surface area contributed by atoms with Crippen molar-refractivity contribution in [1.29, 1.82) is 0 Å². The Morgan fingerprint density at radius 1 is 1.18 bits per heavy atom. The zero-order valence-corrected chi connectivity index (χ0v) is 12.8. The number of H-pyrrole nitrogens is 2. The van der Waals surface area contributed by atoms with Gasteiger partial charge in [0.2, 0.25) is 10.0 Å². The van der Waals surface area contributed by atoms with Gasteiger partial charge in [0.15, 0.2) is 0 Å². The van der Waals surface area contributed by atoms with Gasteiger partial charge in [0.25, 0.3) is 5.56 Å². The molecule has 2 aromatic heterocycles. The van der Waals surface area contributed by atoms with Crippen LogP contribution in [0.4, 0.5) is 0 Å². The fraction of sp³-hybridized carbons (Fsp3) is 0.267. The van der Waals surface area contributed by atoms with Crippen LogP contribution in [0.5, 0.6) is 0 Å². The number of benzene rings is 1. The van der Waals surface area contributed by atoms with Gasteiger partial charge >= 0.3 is 0 Å². The molecule has 0 radical (unpaired) electrons. The number of rotatable bonds is 3. The van der Waals surface area contributed by atoms with Crippen molar-refractivity contribution >= 4 is 31.8 Å². The number of sulfonamides is 1. The van der Waals surface area contributed by atoms with Gasteiger partial charge in [-0.25, -0.2) is 8.42 Å². The third-order valence-corrected chi connectivity index (χ3v) is 6.15. The first-order valence-corrected chi connectivity index (χ1v) is 8.53. The van der Waals surface area contributed by atoms with E-state index in [4.69, 9.17) is 0 Å². The zero-order chi connectivity index (χ0) is 15.5. The second-order valence-corrected chi connectivity index (χ2v) is 7.68. The summed E-state index contributed by atoms with van der Waals surface area (Å²) in [7, 11) is -1.88. The summed E-state index contributed by atoms with van der Waals surface area (Å²) < 4.78 is 26.7. The molecule has 6 nitrogen and oxygen atoms in total. The minimum atomic E-state index is -3.50. The molecule has 4 rings (SSSR count). The molecule has 1 aromatic carbocycles. The van der Waals surface area contributed by atoms with Crippen molar-refractivity contribution in [2.24, 2.45) is 0 Å². The number of fused-ring (bicyclic) bond motifs is 3. The first-order valence-electron chi connectivity index (χ1n) is 7.09. The van der Waals surface area contributed by atoms with Crippen LogP contribution < -0.4 is 5.56 Å². The van der Waals surface area contributed by atoms with Crippen molar-refractivity contribution in [3.05, 3.63) is 40.8 Å². The predicted molar refractivity (Wildman–Crippen MR) is 84.4 cm³/mol. The average molecular weight is 317 g/mol. The van der Waals surface area contributed by atoms with E-state index in [0.29, 0.717) is 11.0 Å². The quantitative estimate of drug-likeness (QED) is 0.772. The average Bonchev–Trinajstić information content (AvgIpc) is 3.22. The number of nitrogens with zero attached hydrogens (tertiary/aromatic N) is 1. The molecule has 0 unspecified atom stereocenters. The molecule has 114 valence electrons. The van der Waals surface area contributed by atoms with Gasteiger partial charge < -0.3 is 9.97 Å². The van der Waals surface area contributed by atoms with Gasteiger partial charge in [-0.3, -0.25) is 4.79 Å². The van der Waals surface area contributed by atoms with Crippen LogP contribution in [0.1, 0.15) is 12.8 Å². The van der Waals surface area contributed by atoms with Crippen molar-refractivity contribution in [3.63, 3.8) is 0 Å². The van der Waals surface area contributed by atoms with E-state index in [1.165, 1.54) is 4.31 Å². The highest BCUT2D eigenvalue weighted by atomic mass is 32.2. The largest absolute Gasteiger partial charge is 0.357 e. The number of hydrogen-bond acceptors (Lipinski definition) is 3. The Hall–Kier alpha value is -2.12. The monoisotopic (exact) mass is 317 g/mol. The first-order chi connectivity index (χ1) is 10.5. The highest BCUT2D eigenvalue weighted by Crippen LogP contribution is 2.31. The SMILES string of the molecule is CN(C1CC1)S(=O)(=O)c1ccc2[nH]c(=O)c3[nH]ccc3c2c1. The Balaban J connectivity index is 1.97. The summed E-state index contributed by atoms with van der Waals surface area (Å²) in [5.41, 5.74) is 0.876. The lowest BCUT2D eigenvalue weighted by Gasteiger charge is -2.16. The third-order valence-electron chi connectivity index (χ3n) is 4.24. The predicted octanol–water partition coefficient (Wildman–Crippen LogP) is 1.79. The van der Waals surface area contributed by atoms with Gasteiger partial charge in [-0.05, 0) is 37.1 Å². The van der Waals surface area contributed by atoms with Crippen LogP contribution in [0, 0.1) is 0 Å². The number of aromatic amines is 2. The number of hydrogen-bond donors (Lipinski definition) is 2. The number of pyridine rings is 1. The summed E-state index contributed by atoms with van der Waals surface area (Å²) in [5.74, 6) is 0. The maximum absolute atomic E-state index is 12.6. The topological polar surface area (TPSA) is 86.0 Å². The molecule has 0 atom stereocenters. The molecule has 1 aliphatic rings. The summed E-state index contributed by atoms with van der Waals surface area (Å²) in [6.07, 6.45) is 3.51. The number of aromatic nitrogens is 2. The molecule has 2 N–H and O–H groups in total. The van der Waals surface area contributed by atoms with Gasteiger partial charge in [-0.15, -0.1) is 0 Å². The van der Waals surface area contributed by atoms with Gasteiger partial charge in [0.1, 0.15) is 5.52 Å². The van der Waals surface area contributed by atoms with Crippen LogP contribution >= 0.6 is 0 Å². The Labute approximate surface area is 126 Å². The van der Waals surface area contributed by atoms with Gasteiger partial charge in [0, 0.05) is 35.6 Å². The van der Waals surface area contributed by atoms with Crippen molar-refractivity contribution < 1.29 is 8.42 Å². The summed E-state index contributed by atoms with van der Waals surface area (Å²) in [6, 6.07) is 6.73. The lowest BCUT2D eigenvalue weighted by Crippen LogP contribution is -2.28. The fourth-order valence-electron chi connectivity index (χ4n) is 2.78. The Morgan fingerprint density at radius 2 is 1.95 bits per heavy atom. The van der Waals surface area contributed by atoms with Crippen LogP contribution in [0.25, 0.3) is 21.8 Å². The molecule has 1 saturated carbocycles. The highest BCUT2D eigenvalue weighted by molar-refractivity contribution is 7.89. The molecule has 0 bridgehead atoms. The number of nitrogens with one attached hydrogen (secondary N) is 2. The van der Waals surface area contributed by atoms with E-state index < -0.39 is 10.0 Å². The molecule has 3 aromatic rings. The Morgan fingerprint density at radius 3 is 2.68 bits per heavy atom. The van der Waals surface area contributed by atoms with Crippen molar-refractivity contribution in [2.45, 2.75) is 23.8 Å². The summed E-state index contributed by atoms with van der Waals surface area (Å²) in [4.78, 5) is 17.8. The second kappa shape index (κ2) is 4.44. The molecule has 0 spiro atoms. The summed E-state index contributed by atoms with van der Waals surface area (Å²) >= 11 is 0. The fourth-order valence-corrected chi connectivity index (χ4v) is 4.23. The minimum Gasteiger partial charge on any atom is -0.357 e. The van der Waals surface area contributed by atoms with Gasteiger partial charge in [0.05, 0.1) is 4.90 Å². The lowest BCUT2D eigenvalue weighted by molar-refractivity contribution is 0.464. The van der Waals surface area contributed by atoms with Crippen molar-refractivity contribution in [1.82, 2.24) is 14.3 Å². The lowest BCUT2D eigenvalue weighted by atomic mass is 10.1. The molecule has 0 aliphatic heterocycles. The standard InChI is InChI=1S/C15H15N3O3S/c1-18(9-2-3-9)22(20,21)10-4-5-13-12(8-10)11-6-7-16-14(11)15(19)17-13/h4-9,16H,2-3H2,1H3,(H,17,19). The Kier molecular flexibility index (Phi) is 2.73. The molecule has 2 heterocycles. The van der Waals surface area contributed by atoms with Crippen LogP contribution in [-0.4, -0.2) is 35.8 Å². The van der Waals surface area contributed by atoms with E-state index in [0.717, 1.165) is 23.6 Å².